The molecule has 0 atom stereocenters. The van der Waals surface area contributed by atoms with Gasteiger partial charge >= 0.3 is 0 Å². The molecule has 2 aliphatic rings. The third-order valence-corrected chi connectivity index (χ3v) is 7.76. The number of anilines is 4. The maximum Gasteiger partial charge on any atom is 0.253 e. The zero-order valence-electron chi connectivity index (χ0n) is 22.2. The van der Waals surface area contributed by atoms with Crippen LogP contribution in [0.3, 0.4) is 0 Å². The van der Waals surface area contributed by atoms with Crippen LogP contribution in [0, 0.1) is 18.3 Å². The standard InChI is InChI=1S/C29H31N7O2/c1-19-11-24-25(34(4)29(19)37)13-22(35-7-9-38-10-8-35)14-26(24)36-6-5-32(2)27-15-23(20(16-30)12-28(27)36)21-17-31-33(3)18-21/h11-15,17-18H,5-10H2,1-4H3. The Morgan fingerprint density at radius 3 is 2.45 bits per heavy atom. The van der Waals surface area contributed by atoms with Gasteiger partial charge in [-0.1, -0.05) is 0 Å². The summed E-state index contributed by atoms with van der Waals surface area (Å²) in [6.07, 6.45) is 3.73. The summed E-state index contributed by atoms with van der Waals surface area (Å²) in [5.74, 6) is 0. The van der Waals surface area contributed by atoms with E-state index in [2.05, 4.69) is 51.1 Å². The second-order valence-corrected chi connectivity index (χ2v) is 10.2. The smallest absolute Gasteiger partial charge is 0.253 e. The van der Waals surface area contributed by atoms with Crippen molar-refractivity contribution in [2.24, 2.45) is 14.1 Å². The van der Waals surface area contributed by atoms with Crippen LogP contribution in [-0.4, -0.2) is 60.8 Å². The van der Waals surface area contributed by atoms with E-state index in [1.807, 2.05) is 39.3 Å². The van der Waals surface area contributed by atoms with Gasteiger partial charge < -0.3 is 24.0 Å². The number of likely N-dealkylation sites (N-methyl/N-ethyl adjacent to an activating group) is 1. The fraction of sp³-hybridized carbons (Fsp3) is 0.345. The summed E-state index contributed by atoms with van der Waals surface area (Å²) >= 11 is 0. The highest BCUT2D eigenvalue weighted by Crippen LogP contribution is 2.44. The van der Waals surface area contributed by atoms with E-state index in [-0.39, 0.29) is 5.56 Å². The van der Waals surface area contributed by atoms with Crippen molar-refractivity contribution >= 4 is 33.7 Å². The number of fused-ring (bicyclic) bond motifs is 2. The van der Waals surface area contributed by atoms with Crippen LogP contribution < -0.4 is 20.3 Å². The molecule has 194 valence electrons. The molecule has 0 saturated carbocycles. The fourth-order valence-corrected chi connectivity index (χ4v) is 5.65. The van der Waals surface area contributed by atoms with Crippen LogP contribution in [0.5, 0.6) is 0 Å². The Kier molecular flexibility index (Phi) is 5.84. The summed E-state index contributed by atoms with van der Waals surface area (Å²) < 4.78 is 9.10. The van der Waals surface area contributed by atoms with Crippen LogP contribution >= 0.6 is 0 Å². The number of rotatable bonds is 3. The number of hydrogen-bond acceptors (Lipinski definition) is 7. The van der Waals surface area contributed by atoms with Gasteiger partial charge in [0.2, 0.25) is 0 Å². The molecule has 1 fully saturated rings. The van der Waals surface area contributed by atoms with Crippen LogP contribution in [0.15, 0.2) is 47.5 Å². The van der Waals surface area contributed by atoms with E-state index in [1.54, 1.807) is 15.4 Å². The van der Waals surface area contributed by atoms with Gasteiger partial charge in [0, 0.05) is 81.3 Å². The number of nitrogens with zero attached hydrogens (tertiary/aromatic N) is 7. The van der Waals surface area contributed by atoms with Gasteiger partial charge in [0.25, 0.3) is 5.56 Å². The monoisotopic (exact) mass is 509 g/mol. The number of nitriles is 1. The fourth-order valence-electron chi connectivity index (χ4n) is 5.65. The Morgan fingerprint density at radius 2 is 1.74 bits per heavy atom. The zero-order valence-corrected chi connectivity index (χ0v) is 22.2. The molecule has 0 spiro atoms. The number of pyridine rings is 1. The topological polar surface area (TPSA) is 82.6 Å². The van der Waals surface area contributed by atoms with Gasteiger partial charge in [-0.05, 0) is 37.3 Å². The van der Waals surface area contributed by atoms with E-state index < -0.39 is 0 Å². The van der Waals surface area contributed by atoms with E-state index in [1.165, 1.54) is 0 Å². The van der Waals surface area contributed by atoms with Crippen molar-refractivity contribution in [3.63, 3.8) is 0 Å². The first-order valence-electron chi connectivity index (χ1n) is 12.9. The maximum absolute atomic E-state index is 12.9. The summed E-state index contributed by atoms with van der Waals surface area (Å²) in [5.41, 5.74) is 8.16. The summed E-state index contributed by atoms with van der Waals surface area (Å²) in [6, 6.07) is 12.9. The average Bonchev–Trinajstić information content (AvgIpc) is 3.37. The first kappa shape index (κ1) is 24.1. The van der Waals surface area contributed by atoms with Crippen molar-refractivity contribution in [2.75, 3.05) is 61.1 Å². The molecule has 9 nitrogen and oxygen atoms in total. The Hall–Kier alpha value is -4.29. The molecule has 0 N–H and O–H groups in total. The maximum atomic E-state index is 12.9. The second kappa shape index (κ2) is 9.23. The van der Waals surface area contributed by atoms with Crippen molar-refractivity contribution < 1.29 is 4.74 Å². The van der Waals surface area contributed by atoms with Crippen molar-refractivity contribution in [3.05, 3.63) is 64.2 Å². The quantitative estimate of drug-likeness (QED) is 0.418. The molecule has 2 aliphatic heterocycles. The van der Waals surface area contributed by atoms with E-state index in [0.717, 1.165) is 71.0 Å². The van der Waals surface area contributed by atoms with Crippen LogP contribution in [0.1, 0.15) is 11.1 Å². The summed E-state index contributed by atoms with van der Waals surface area (Å²) in [5, 5.41) is 15.5. The van der Waals surface area contributed by atoms with Gasteiger partial charge in [-0.15, -0.1) is 0 Å². The minimum Gasteiger partial charge on any atom is -0.378 e. The predicted octanol–water partition coefficient (Wildman–Crippen LogP) is 3.54. The van der Waals surface area contributed by atoms with E-state index in [9.17, 15) is 10.1 Å². The van der Waals surface area contributed by atoms with E-state index in [0.29, 0.717) is 24.3 Å². The van der Waals surface area contributed by atoms with Crippen molar-refractivity contribution in [1.82, 2.24) is 14.3 Å². The molecule has 0 aliphatic carbocycles. The molecule has 38 heavy (non-hydrogen) atoms. The van der Waals surface area contributed by atoms with Crippen LogP contribution in [0.25, 0.3) is 22.0 Å². The Bertz CT molecular complexity index is 1660. The van der Waals surface area contributed by atoms with Gasteiger partial charge in [0.05, 0.1) is 53.6 Å². The van der Waals surface area contributed by atoms with Crippen LogP contribution in [0.2, 0.25) is 0 Å². The van der Waals surface area contributed by atoms with Gasteiger partial charge in [0.15, 0.2) is 0 Å². The second-order valence-electron chi connectivity index (χ2n) is 10.2. The number of aromatic nitrogens is 3. The average molecular weight is 510 g/mol. The highest BCUT2D eigenvalue weighted by atomic mass is 16.5. The Labute approximate surface area is 221 Å². The first-order chi connectivity index (χ1) is 18.4. The molecule has 6 rings (SSSR count). The minimum absolute atomic E-state index is 0.00855. The van der Waals surface area contributed by atoms with Gasteiger partial charge in [-0.2, -0.15) is 10.4 Å². The van der Waals surface area contributed by atoms with Crippen molar-refractivity contribution in [3.8, 4) is 17.2 Å². The molecule has 4 heterocycles. The lowest BCUT2D eigenvalue weighted by Gasteiger charge is -2.39. The number of benzene rings is 2. The van der Waals surface area contributed by atoms with Crippen molar-refractivity contribution in [1.29, 1.82) is 5.26 Å². The molecule has 0 amide bonds. The molecule has 0 unspecified atom stereocenters. The molecule has 1 saturated heterocycles. The molecule has 0 radical (unpaired) electrons. The lowest BCUT2D eigenvalue weighted by atomic mass is 9.98. The number of ether oxygens (including phenoxy) is 1. The van der Waals surface area contributed by atoms with Gasteiger partial charge in [-0.3, -0.25) is 9.48 Å². The van der Waals surface area contributed by atoms with Crippen LogP contribution in [-0.2, 0) is 18.8 Å². The third kappa shape index (κ3) is 3.89. The largest absolute Gasteiger partial charge is 0.378 e. The van der Waals surface area contributed by atoms with Crippen molar-refractivity contribution in [2.45, 2.75) is 6.92 Å². The van der Waals surface area contributed by atoms with E-state index in [4.69, 9.17) is 4.74 Å². The number of morpholine rings is 1. The number of hydrogen-bond donors (Lipinski definition) is 0. The molecular formula is C29H31N7O2. The molecule has 4 aromatic rings. The predicted molar refractivity (Wildman–Crippen MR) is 151 cm³/mol. The SMILES string of the molecule is Cc1cc2c(N3CCN(C)c4cc(-c5cnn(C)c5)c(C#N)cc43)cc(N3CCOCC3)cc2n(C)c1=O. The lowest BCUT2D eigenvalue weighted by Crippen LogP contribution is -2.38. The molecule has 9 heteroatoms. The summed E-state index contributed by atoms with van der Waals surface area (Å²) in [4.78, 5) is 19.8. The highest BCUT2D eigenvalue weighted by molar-refractivity contribution is 6.00. The summed E-state index contributed by atoms with van der Waals surface area (Å²) in [7, 11) is 5.81. The minimum atomic E-state index is 0.00855. The molecule has 2 aromatic carbocycles. The molecular weight excluding hydrogens is 478 g/mol. The lowest BCUT2D eigenvalue weighted by molar-refractivity contribution is 0.122. The van der Waals surface area contributed by atoms with E-state index >= 15 is 0 Å². The number of aryl methyl sites for hydroxylation is 3. The zero-order chi connectivity index (χ0) is 26.6. The summed E-state index contributed by atoms with van der Waals surface area (Å²) in [6.45, 7) is 6.41. The van der Waals surface area contributed by atoms with Gasteiger partial charge in [0.1, 0.15) is 0 Å². The third-order valence-electron chi connectivity index (χ3n) is 7.76. The Balaban J connectivity index is 1.59. The normalized spacial score (nSPS) is 15.6. The molecule has 0 bridgehead atoms. The Morgan fingerprint density at radius 1 is 0.947 bits per heavy atom. The molecule has 2 aromatic heterocycles. The van der Waals surface area contributed by atoms with Gasteiger partial charge in [-0.25, -0.2) is 0 Å². The van der Waals surface area contributed by atoms with Crippen LogP contribution in [0.4, 0.5) is 22.7 Å². The highest BCUT2D eigenvalue weighted by Gasteiger charge is 2.27. The first-order valence-corrected chi connectivity index (χ1v) is 12.9.